The first-order chi connectivity index (χ1) is 13.0. The lowest BCUT2D eigenvalue weighted by Crippen LogP contribution is -2.15. The molecule has 0 fully saturated rings. The number of methoxy groups -OCH3 is 1. The second kappa shape index (κ2) is 8.72. The molecule has 162 valence electrons. The SMILES string of the molecule is CC(C)(C)c1ccc(F)c(C(F)(F)F)c1.COc1c(C)ccc(C(C)(C)C)c1F. The van der Waals surface area contributed by atoms with Gasteiger partial charge in [0.25, 0.3) is 0 Å². The van der Waals surface area contributed by atoms with Crippen molar-refractivity contribution in [3.8, 4) is 5.75 Å². The van der Waals surface area contributed by atoms with Gasteiger partial charge in [0.15, 0.2) is 11.6 Å². The lowest BCUT2D eigenvalue weighted by Gasteiger charge is -2.21. The van der Waals surface area contributed by atoms with Gasteiger partial charge in [0, 0.05) is 0 Å². The molecule has 1 nitrogen and oxygen atoms in total. The highest BCUT2D eigenvalue weighted by Crippen LogP contribution is 2.34. The summed E-state index contributed by atoms with van der Waals surface area (Å²) in [6.07, 6.45) is -4.63. The smallest absolute Gasteiger partial charge is 0.419 e. The third-order valence-electron chi connectivity index (χ3n) is 4.44. The summed E-state index contributed by atoms with van der Waals surface area (Å²) in [6, 6.07) is 6.83. The molecule has 2 aromatic carbocycles. The molecule has 0 amide bonds. The van der Waals surface area contributed by atoms with Crippen LogP contribution in [0.1, 0.15) is 63.8 Å². The van der Waals surface area contributed by atoms with Crippen LogP contribution in [-0.4, -0.2) is 7.11 Å². The zero-order chi connectivity index (χ0) is 22.8. The van der Waals surface area contributed by atoms with Crippen LogP contribution in [0.2, 0.25) is 0 Å². The van der Waals surface area contributed by atoms with Gasteiger partial charge in [-0.2, -0.15) is 13.2 Å². The van der Waals surface area contributed by atoms with E-state index in [0.29, 0.717) is 16.9 Å². The third kappa shape index (κ3) is 6.44. The normalized spacial score (nSPS) is 12.3. The van der Waals surface area contributed by atoms with Crippen molar-refractivity contribution in [3.05, 3.63) is 64.2 Å². The molecule has 6 heteroatoms. The number of benzene rings is 2. The van der Waals surface area contributed by atoms with Gasteiger partial charge in [0.05, 0.1) is 12.7 Å². The molecule has 0 saturated heterocycles. The van der Waals surface area contributed by atoms with E-state index in [1.54, 1.807) is 20.8 Å². The highest BCUT2D eigenvalue weighted by Gasteiger charge is 2.35. The van der Waals surface area contributed by atoms with Crippen LogP contribution < -0.4 is 4.74 Å². The van der Waals surface area contributed by atoms with Crippen molar-refractivity contribution in [3.63, 3.8) is 0 Å². The summed E-state index contributed by atoms with van der Waals surface area (Å²) in [6.45, 7) is 13.1. The Morgan fingerprint density at radius 1 is 0.759 bits per heavy atom. The average molecular weight is 416 g/mol. The lowest BCUT2D eigenvalue weighted by atomic mass is 9.86. The van der Waals surface area contributed by atoms with E-state index < -0.39 is 23.0 Å². The number of rotatable bonds is 1. The maximum absolute atomic E-state index is 13.9. The van der Waals surface area contributed by atoms with Gasteiger partial charge in [-0.05, 0) is 46.6 Å². The molecular weight excluding hydrogens is 387 g/mol. The predicted octanol–water partition coefficient (Wildman–Crippen LogP) is 7.58. The third-order valence-corrected chi connectivity index (χ3v) is 4.44. The fraction of sp³-hybridized carbons (Fsp3) is 0.478. The Morgan fingerprint density at radius 2 is 1.31 bits per heavy atom. The van der Waals surface area contributed by atoms with E-state index in [1.807, 2.05) is 39.8 Å². The number of hydrogen-bond donors (Lipinski definition) is 0. The zero-order valence-corrected chi connectivity index (χ0v) is 18.2. The molecule has 0 aromatic heterocycles. The molecule has 0 saturated carbocycles. The van der Waals surface area contributed by atoms with E-state index in [2.05, 4.69) is 0 Å². The van der Waals surface area contributed by atoms with Gasteiger partial charge >= 0.3 is 6.18 Å². The van der Waals surface area contributed by atoms with Gasteiger partial charge in [0.1, 0.15) is 5.82 Å². The molecule has 0 bridgehead atoms. The Morgan fingerprint density at radius 3 is 1.72 bits per heavy atom. The van der Waals surface area contributed by atoms with E-state index in [0.717, 1.165) is 17.7 Å². The Hall–Kier alpha value is -2.11. The topological polar surface area (TPSA) is 9.23 Å². The molecule has 0 spiro atoms. The minimum Gasteiger partial charge on any atom is -0.493 e. The summed E-state index contributed by atoms with van der Waals surface area (Å²) in [7, 11) is 1.50. The van der Waals surface area contributed by atoms with E-state index in [1.165, 1.54) is 13.2 Å². The molecule has 0 radical (unpaired) electrons. The van der Waals surface area contributed by atoms with Crippen LogP contribution in [0.15, 0.2) is 30.3 Å². The van der Waals surface area contributed by atoms with E-state index in [4.69, 9.17) is 4.74 Å². The molecule has 0 atom stereocenters. The van der Waals surface area contributed by atoms with Crippen LogP contribution in [0.5, 0.6) is 5.75 Å². The first-order valence-corrected chi connectivity index (χ1v) is 9.21. The maximum Gasteiger partial charge on any atom is 0.419 e. The highest BCUT2D eigenvalue weighted by molar-refractivity contribution is 5.41. The molecule has 0 heterocycles. The molecule has 0 aliphatic rings. The molecule has 0 aliphatic carbocycles. The second-order valence-corrected chi connectivity index (χ2v) is 8.97. The molecule has 0 aliphatic heterocycles. The number of hydrogen-bond acceptors (Lipinski definition) is 1. The molecule has 2 aromatic rings. The number of ether oxygens (including phenoxy) is 1. The fourth-order valence-electron chi connectivity index (χ4n) is 2.69. The Kier molecular flexibility index (Phi) is 7.49. The van der Waals surface area contributed by atoms with Crippen molar-refractivity contribution in [1.29, 1.82) is 0 Å². The molecule has 2 rings (SSSR count). The minimum atomic E-state index is -4.63. The van der Waals surface area contributed by atoms with Gasteiger partial charge in [-0.25, -0.2) is 8.78 Å². The van der Waals surface area contributed by atoms with Crippen LogP contribution in [0.25, 0.3) is 0 Å². The summed E-state index contributed by atoms with van der Waals surface area (Å²) in [4.78, 5) is 0. The summed E-state index contributed by atoms with van der Waals surface area (Å²) in [5.41, 5.74) is 0.183. The maximum atomic E-state index is 13.9. The van der Waals surface area contributed by atoms with Gasteiger partial charge in [0.2, 0.25) is 0 Å². The zero-order valence-electron chi connectivity index (χ0n) is 18.2. The average Bonchev–Trinajstić information content (AvgIpc) is 2.52. The van der Waals surface area contributed by atoms with Gasteiger partial charge in [-0.3, -0.25) is 0 Å². The first-order valence-electron chi connectivity index (χ1n) is 9.21. The van der Waals surface area contributed by atoms with Crippen molar-refractivity contribution in [2.75, 3.05) is 7.11 Å². The predicted molar refractivity (Wildman–Crippen MR) is 106 cm³/mol. The van der Waals surface area contributed by atoms with Crippen molar-refractivity contribution in [1.82, 2.24) is 0 Å². The van der Waals surface area contributed by atoms with Gasteiger partial charge < -0.3 is 4.74 Å². The van der Waals surface area contributed by atoms with Crippen molar-refractivity contribution in [2.45, 2.75) is 65.5 Å². The largest absolute Gasteiger partial charge is 0.493 e. The number of aryl methyl sites for hydroxylation is 1. The standard InChI is InChI=1S/C12H17FO.C11H12F4/c1-8-6-7-9(12(2,3)4)10(13)11(8)14-5;1-10(2,3)7-4-5-9(12)8(6-7)11(13,14)15/h6-7H,1-5H3;4-6H,1-3H3. The van der Waals surface area contributed by atoms with E-state index >= 15 is 0 Å². The summed E-state index contributed by atoms with van der Waals surface area (Å²) < 4.78 is 69.0. The monoisotopic (exact) mass is 416 g/mol. The molecule has 29 heavy (non-hydrogen) atoms. The Balaban J connectivity index is 0.000000291. The van der Waals surface area contributed by atoms with Crippen LogP contribution in [0.4, 0.5) is 22.0 Å². The van der Waals surface area contributed by atoms with Crippen LogP contribution >= 0.6 is 0 Å². The van der Waals surface area contributed by atoms with E-state index in [-0.39, 0.29) is 11.2 Å². The highest BCUT2D eigenvalue weighted by atomic mass is 19.4. The number of alkyl halides is 3. The van der Waals surface area contributed by atoms with Crippen molar-refractivity contribution in [2.24, 2.45) is 0 Å². The van der Waals surface area contributed by atoms with Crippen LogP contribution in [0.3, 0.4) is 0 Å². The minimum absolute atomic E-state index is 0.189. The van der Waals surface area contributed by atoms with Crippen molar-refractivity contribution >= 4 is 0 Å². The van der Waals surface area contributed by atoms with Gasteiger partial charge in [-0.1, -0.05) is 59.7 Å². The molecule has 0 N–H and O–H groups in total. The number of halogens is 5. The summed E-state index contributed by atoms with van der Waals surface area (Å²) >= 11 is 0. The summed E-state index contributed by atoms with van der Waals surface area (Å²) in [5, 5.41) is 0. The quantitative estimate of drug-likeness (QED) is 0.435. The van der Waals surface area contributed by atoms with Crippen molar-refractivity contribution < 1.29 is 26.7 Å². The molecule has 0 unspecified atom stereocenters. The summed E-state index contributed by atoms with van der Waals surface area (Å²) in [5.74, 6) is -1.10. The van der Waals surface area contributed by atoms with Crippen LogP contribution in [-0.2, 0) is 17.0 Å². The Bertz CT molecular complexity index is 840. The Labute approximate surface area is 169 Å². The van der Waals surface area contributed by atoms with Gasteiger partial charge in [-0.15, -0.1) is 0 Å². The lowest BCUT2D eigenvalue weighted by molar-refractivity contribution is -0.140. The molecular formula is C23H29F5O. The van der Waals surface area contributed by atoms with Crippen LogP contribution in [0, 0.1) is 18.6 Å². The first kappa shape index (κ1) is 24.9. The fourth-order valence-corrected chi connectivity index (χ4v) is 2.69. The second-order valence-electron chi connectivity index (χ2n) is 8.97. The van der Waals surface area contributed by atoms with E-state index in [9.17, 15) is 22.0 Å².